The zero-order chi connectivity index (χ0) is 15.5. The second-order valence-corrected chi connectivity index (χ2v) is 5.68. The van der Waals surface area contributed by atoms with Crippen LogP contribution in [0, 0.1) is 5.82 Å². The smallest absolute Gasteiger partial charge is 0.262 e. The van der Waals surface area contributed by atoms with E-state index in [0.29, 0.717) is 10.8 Å². The molecule has 0 unspecified atom stereocenters. The predicted octanol–water partition coefficient (Wildman–Crippen LogP) is 3.99. The molecular weight excluding hydrogens is 305 g/mol. The van der Waals surface area contributed by atoms with E-state index in [1.54, 1.807) is 0 Å². The number of nitrogens with one attached hydrogen (secondary N) is 1. The molecule has 3 nitrogen and oxygen atoms in total. The van der Waals surface area contributed by atoms with E-state index in [2.05, 4.69) is 5.32 Å². The second kappa shape index (κ2) is 6.36. The largest absolute Gasteiger partial charge is 0.484 e. The lowest BCUT2D eigenvalue weighted by Gasteiger charge is -2.09. The van der Waals surface area contributed by atoms with Gasteiger partial charge in [0, 0.05) is 5.02 Å². The van der Waals surface area contributed by atoms with Gasteiger partial charge in [-0.1, -0.05) is 17.7 Å². The number of carbonyl (C=O) groups is 1. The highest BCUT2D eigenvalue weighted by Crippen LogP contribution is 2.26. The number of aryl methyl sites for hydroxylation is 2. The van der Waals surface area contributed by atoms with E-state index >= 15 is 0 Å². The number of fused-ring (bicyclic) bond motifs is 1. The number of anilines is 1. The minimum atomic E-state index is -0.532. The van der Waals surface area contributed by atoms with E-state index in [1.165, 1.54) is 29.3 Å². The summed E-state index contributed by atoms with van der Waals surface area (Å²) in [6.07, 6.45) is 3.31. The van der Waals surface area contributed by atoms with Crippen LogP contribution in [-0.4, -0.2) is 12.5 Å². The Bertz CT molecular complexity index is 718. The molecule has 0 aliphatic heterocycles. The first-order valence-corrected chi connectivity index (χ1v) is 7.49. The molecule has 0 atom stereocenters. The highest BCUT2D eigenvalue weighted by Gasteiger charge is 2.12. The lowest BCUT2D eigenvalue weighted by molar-refractivity contribution is -0.118. The summed E-state index contributed by atoms with van der Waals surface area (Å²) in [5, 5.41) is 2.81. The van der Waals surface area contributed by atoms with E-state index in [4.69, 9.17) is 16.3 Å². The predicted molar refractivity (Wildman–Crippen MR) is 84.0 cm³/mol. The van der Waals surface area contributed by atoms with E-state index in [0.717, 1.165) is 19.3 Å². The van der Waals surface area contributed by atoms with Crippen molar-refractivity contribution in [2.45, 2.75) is 19.3 Å². The van der Waals surface area contributed by atoms with Crippen LogP contribution in [0.25, 0.3) is 0 Å². The van der Waals surface area contributed by atoms with Gasteiger partial charge >= 0.3 is 0 Å². The standard InChI is InChI=1S/C17H15ClFNO2/c18-13-5-7-15(19)16(9-13)20-17(21)10-22-14-6-4-11-2-1-3-12(11)8-14/h4-9H,1-3,10H2,(H,20,21). The number of hydrogen-bond acceptors (Lipinski definition) is 2. The van der Waals surface area contributed by atoms with Gasteiger partial charge in [0.2, 0.25) is 0 Å². The van der Waals surface area contributed by atoms with Crippen molar-refractivity contribution in [1.82, 2.24) is 0 Å². The SMILES string of the molecule is O=C(COc1ccc2c(c1)CCC2)Nc1cc(Cl)ccc1F. The van der Waals surface area contributed by atoms with Crippen molar-refractivity contribution in [2.75, 3.05) is 11.9 Å². The van der Waals surface area contributed by atoms with Crippen LogP contribution in [0.2, 0.25) is 5.02 Å². The molecule has 114 valence electrons. The zero-order valence-corrected chi connectivity index (χ0v) is 12.6. The highest BCUT2D eigenvalue weighted by atomic mass is 35.5. The average Bonchev–Trinajstić information content (AvgIpc) is 2.96. The maximum Gasteiger partial charge on any atom is 0.262 e. The molecule has 0 radical (unpaired) electrons. The lowest BCUT2D eigenvalue weighted by Crippen LogP contribution is -2.20. The van der Waals surface area contributed by atoms with Crippen LogP contribution in [0.3, 0.4) is 0 Å². The minimum absolute atomic E-state index is 0.0510. The molecule has 0 saturated carbocycles. The lowest BCUT2D eigenvalue weighted by atomic mass is 10.1. The Hall–Kier alpha value is -2.07. The van der Waals surface area contributed by atoms with Gasteiger partial charge in [0.25, 0.3) is 5.91 Å². The summed E-state index contributed by atoms with van der Waals surface area (Å²) in [4.78, 5) is 11.8. The Morgan fingerprint density at radius 2 is 2.00 bits per heavy atom. The fraction of sp³-hybridized carbons (Fsp3) is 0.235. The van der Waals surface area contributed by atoms with E-state index in [9.17, 15) is 9.18 Å². The molecule has 1 aliphatic rings. The molecule has 0 saturated heterocycles. The number of hydrogen-bond donors (Lipinski definition) is 1. The molecule has 1 N–H and O–H groups in total. The summed E-state index contributed by atoms with van der Waals surface area (Å²) in [6.45, 7) is -0.176. The number of amides is 1. The molecule has 0 spiro atoms. The van der Waals surface area contributed by atoms with Crippen molar-refractivity contribution >= 4 is 23.2 Å². The van der Waals surface area contributed by atoms with Gasteiger partial charge in [0.1, 0.15) is 11.6 Å². The number of ether oxygens (including phenoxy) is 1. The fourth-order valence-electron chi connectivity index (χ4n) is 2.57. The number of benzene rings is 2. The minimum Gasteiger partial charge on any atom is -0.484 e. The molecule has 2 aromatic carbocycles. The topological polar surface area (TPSA) is 38.3 Å². The second-order valence-electron chi connectivity index (χ2n) is 5.25. The molecule has 2 aromatic rings. The third-order valence-corrected chi connectivity index (χ3v) is 3.88. The number of carbonyl (C=O) groups excluding carboxylic acids is 1. The number of halogens is 2. The molecular formula is C17H15ClFNO2. The van der Waals surface area contributed by atoms with Crippen LogP contribution in [0.15, 0.2) is 36.4 Å². The van der Waals surface area contributed by atoms with Gasteiger partial charge in [-0.25, -0.2) is 4.39 Å². The third kappa shape index (κ3) is 3.39. The first-order valence-electron chi connectivity index (χ1n) is 7.11. The normalized spacial score (nSPS) is 12.8. The van der Waals surface area contributed by atoms with E-state index in [-0.39, 0.29) is 12.3 Å². The van der Waals surface area contributed by atoms with Crippen LogP contribution >= 0.6 is 11.6 Å². The summed E-state index contributed by atoms with van der Waals surface area (Å²) in [5.74, 6) is -0.306. The van der Waals surface area contributed by atoms with Gasteiger partial charge in [0.05, 0.1) is 5.69 Å². The Morgan fingerprint density at radius 1 is 1.18 bits per heavy atom. The van der Waals surface area contributed by atoms with E-state index in [1.807, 2.05) is 18.2 Å². The maximum atomic E-state index is 13.5. The Morgan fingerprint density at radius 3 is 2.86 bits per heavy atom. The molecule has 0 bridgehead atoms. The van der Waals surface area contributed by atoms with Crippen molar-refractivity contribution in [3.63, 3.8) is 0 Å². The third-order valence-electron chi connectivity index (χ3n) is 3.64. The summed E-state index contributed by atoms with van der Waals surface area (Å²) >= 11 is 5.78. The first-order chi connectivity index (χ1) is 10.6. The van der Waals surface area contributed by atoms with Crippen LogP contribution in [-0.2, 0) is 17.6 Å². The van der Waals surface area contributed by atoms with Crippen molar-refractivity contribution in [3.8, 4) is 5.75 Å². The van der Waals surface area contributed by atoms with E-state index < -0.39 is 11.7 Å². The summed E-state index contributed by atoms with van der Waals surface area (Å²) in [7, 11) is 0. The van der Waals surface area contributed by atoms with Gasteiger partial charge in [-0.2, -0.15) is 0 Å². The van der Waals surface area contributed by atoms with Gasteiger partial charge in [0.15, 0.2) is 6.61 Å². The Kier molecular flexibility index (Phi) is 4.29. The summed E-state index contributed by atoms with van der Waals surface area (Å²) < 4.78 is 19.0. The molecule has 5 heteroatoms. The van der Waals surface area contributed by atoms with Crippen molar-refractivity contribution < 1.29 is 13.9 Å². The quantitative estimate of drug-likeness (QED) is 0.925. The van der Waals surface area contributed by atoms with Crippen molar-refractivity contribution in [1.29, 1.82) is 0 Å². The van der Waals surface area contributed by atoms with Crippen LogP contribution < -0.4 is 10.1 Å². The molecule has 1 amide bonds. The van der Waals surface area contributed by atoms with Crippen LogP contribution in [0.5, 0.6) is 5.75 Å². The van der Waals surface area contributed by atoms with Crippen molar-refractivity contribution in [3.05, 3.63) is 58.4 Å². The number of rotatable bonds is 4. The first kappa shape index (κ1) is 14.9. The summed E-state index contributed by atoms with van der Waals surface area (Å²) in [6, 6.07) is 9.86. The van der Waals surface area contributed by atoms with Gasteiger partial charge < -0.3 is 10.1 Å². The van der Waals surface area contributed by atoms with Crippen LogP contribution in [0.1, 0.15) is 17.5 Å². The molecule has 0 fully saturated rings. The maximum absolute atomic E-state index is 13.5. The van der Waals surface area contributed by atoms with Gasteiger partial charge in [-0.15, -0.1) is 0 Å². The Balaban J connectivity index is 1.59. The molecule has 0 aromatic heterocycles. The monoisotopic (exact) mass is 319 g/mol. The fourth-order valence-corrected chi connectivity index (χ4v) is 2.74. The van der Waals surface area contributed by atoms with Gasteiger partial charge in [-0.05, 0) is 60.7 Å². The molecule has 3 rings (SSSR count). The zero-order valence-electron chi connectivity index (χ0n) is 11.9. The molecule has 22 heavy (non-hydrogen) atoms. The summed E-state index contributed by atoms with van der Waals surface area (Å²) in [5.41, 5.74) is 2.67. The average molecular weight is 320 g/mol. The van der Waals surface area contributed by atoms with Crippen molar-refractivity contribution in [2.24, 2.45) is 0 Å². The molecule has 0 heterocycles. The van der Waals surface area contributed by atoms with Crippen LogP contribution in [0.4, 0.5) is 10.1 Å². The Labute approximate surface area is 133 Å². The van der Waals surface area contributed by atoms with Gasteiger partial charge in [-0.3, -0.25) is 4.79 Å². The highest BCUT2D eigenvalue weighted by molar-refractivity contribution is 6.30. The molecule has 1 aliphatic carbocycles.